The molecule has 3 atom stereocenters. The van der Waals surface area contributed by atoms with Crippen LogP contribution in [0.4, 0.5) is 5.69 Å². The van der Waals surface area contributed by atoms with Crippen LogP contribution in [0.15, 0.2) is 36.4 Å². The normalized spacial score (nSPS) is 22.6. The van der Waals surface area contributed by atoms with Crippen LogP contribution in [0.1, 0.15) is 63.7 Å². The van der Waals surface area contributed by atoms with Crippen molar-refractivity contribution in [2.75, 3.05) is 17.7 Å². The van der Waals surface area contributed by atoms with Gasteiger partial charge in [0.05, 0.1) is 4.75 Å². The van der Waals surface area contributed by atoms with E-state index in [-0.39, 0.29) is 22.9 Å². The molecule has 8 nitrogen and oxygen atoms in total. The van der Waals surface area contributed by atoms with E-state index in [4.69, 9.17) is 14.3 Å². The summed E-state index contributed by atoms with van der Waals surface area (Å²) in [5.41, 5.74) is 4.22. The molecule has 1 aromatic carbocycles. The van der Waals surface area contributed by atoms with E-state index in [1.165, 1.54) is 13.8 Å². The Labute approximate surface area is 225 Å². The molecule has 2 N–H and O–H groups in total. The SMILES string of the molecule is CC(=O)O[C@@H](C)C(=O)Nc1cccc(-c2ccc([C@@]3(CC(=O)NOC4CCCCO4)CCCCS3)s2)c1. The molecule has 4 rings (SSSR count). The van der Waals surface area contributed by atoms with Crippen LogP contribution in [0.3, 0.4) is 0 Å². The number of carbonyl (C=O) groups is 3. The third-order valence-electron chi connectivity index (χ3n) is 6.42. The molecule has 0 saturated carbocycles. The first-order chi connectivity index (χ1) is 17.8. The van der Waals surface area contributed by atoms with Crippen LogP contribution in [0.5, 0.6) is 0 Å². The van der Waals surface area contributed by atoms with Crippen LogP contribution in [-0.2, 0) is 33.4 Å². The predicted octanol–water partition coefficient (Wildman–Crippen LogP) is 5.38. The summed E-state index contributed by atoms with van der Waals surface area (Å²) < 4.78 is 10.2. The van der Waals surface area contributed by atoms with Crippen LogP contribution in [0, 0.1) is 0 Å². The van der Waals surface area contributed by atoms with Crippen LogP contribution >= 0.6 is 23.1 Å². The number of hydrogen-bond acceptors (Lipinski definition) is 8. The van der Waals surface area contributed by atoms with Crippen molar-refractivity contribution in [1.82, 2.24) is 5.48 Å². The molecule has 2 aliphatic heterocycles. The van der Waals surface area contributed by atoms with Gasteiger partial charge in [-0.3, -0.25) is 14.4 Å². The zero-order valence-corrected chi connectivity index (χ0v) is 22.9. The first-order valence-corrected chi connectivity index (χ1v) is 14.5. The van der Waals surface area contributed by atoms with Crippen molar-refractivity contribution in [3.8, 4) is 10.4 Å². The Kier molecular flexibility index (Phi) is 9.64. The van der Waals surface area contributed by atoms with Gasteiger partial charge in [-0.1, -0.05) is 18.6 Å². The maximum absolute atomic E-state index is 12.9. The van der Waals surface area contributed by atoms with E-state index in [1.807, 2.05) is 30.0 Å². The van der Waals surface area contributed by atoms with Gasteiger partial charge in [-0.05, 0) is 68.2 Å². The lowest BCUT2D eigenvalue weighted by molar-refractivity contribution is -0.200. The average Bonchev–Trinajstić information content (AvgIpc) is 3.40. The second-order valence-electron chi connectivity index (χ2n) is 9.40. The van der Waals surface area contributed by atoms with E-state index in [0.717, 1.165) is 59.6 Å². The van der Waals surface area contributed by atoms with E-state index < -0.39 is 12.1 Å². The fourth-order valence-corrected chi connectivity index (χ4v) is 7.43. The largest absolute Gasteiger partial charge is 0.453 e. The summed E-state index contributed by atoms with van der Waals surface area (Å²) >= 11 is 3.52. The first-order valence-electron chi connectivity index (χ1n) is 12.7. The minimum absolute atomic E-state index is 0.134. The van der Waals surface area contributed by atoms with E-state index >= 15 is 0 Å². The highest BCUT2D eigenvalue weighted by atomic mass is 32.2. The van der Waals surface area contributed by atoms with Gasteiger partial charge in [-0.15, -0.1) is 23.1 Å². The fourth-order valence-electron chi connectivity index (χ4n) is 4.54. The number of thiophene rings is 1. The second kappa shape index (κ2) is 12.9. The Morgan fingerprint density at radius 1 is 1.16 bits per heavy atom. The molecule has 2 aliphatic rings. The minimum atomic E-state index is -0.877. The monoisotopic (exact) mass is 546 g/mol. The number of benzene rings is 1. The zero-order chi connectivity index (χ0) is 26.3. The molecule has 0 bridgehead atoms. The molecule has 37 heavy (non-hydrogen) atoms. The number of hydrogen-bond donors (Lipinski definition) is 2. The number of amides is 2. The lowest BCUT2D eigenvalue weighted by Crippen LogP contribution is -2.37. The summed E-state index contributed by atoms with van der Waals surface area (Å²) in [5.74, 6) is -0.0110. The molecule has 200 valence electrons. The first kappa shape index (κ1) is 27.6. The predicted molar refractivity (Wildman–Crippen MR) is 145 cm³/mol. The Balaban J connectivity index is 1.45. The summed E-state index contributed by atoms with van der Waals surface area (Å²) in [6, 6.07) is 11.8. The van der Waals surface area contributed by atoms with Gasteiger partial charge in [0.25, 0.3) is 5.91 Å². The van der Waals surface area contributed by atoms with Gasteiger partial charge in [-0.25, -0.2) is 10.3 Å². The highest BCUT2D eigenvalue weighted by Crippen LogP contribution is 2.51. The number of carbonyl (C=O) groups excluding carboxylic acids is 3. The Bertz CT molecular complexity index is 1090. The number of anilines is 1. The van der Waals surface area contributed by atoms with Gasteiger partial charge in [0, 0.05) is 41.8 Å². The summed E-state index contributed by atoms with van der Waals surface area (Å²) in [5, 5.41) is 2.81. The molecule has 0 spiro atoms. The van der Waals surface area contributed by atoms with Crippen LogP contribution in [0.25, 0.3) is 10.4 Å². The van der Waals surface area contributed by atoms with Crippen molar-refractivity contribution in [2.45, 2.75) is 75.9 Å². The van der Waals surface area contributed by atoms with Gasteiger partial charge >= 0.3 is 5.97 Å². The minimum Gasteiger partial charge on any atom is -0.453 e. The molecule has 10 heteroatoms. The molecule has 2 saturated heterocycles. The molecular formula is C27H34N2O6S2. The Hall–Kier alpha value is -2.40. The van der Waals surface area contributed by atoms with E-state index in [9.17, 15) is 14.4 Å². The van der Waals surface area contributed by atoms with Crippen molar-refractivity contribution >= 4 is 46.6 Å². The molecule has 1 unspecified atom stereocenters. The number of thioether (sulfide) groups is 1. The quantitative estimate of drug-likeness (QED) is 0.321. The standard InChI is InChI=1S/C27H34N2O6S2/c1-18(34-19(2)30)26(32)28-21-9-7-8-20(16-21)22-11-12-23(37-22)27(13-4-6-15-36-27)17-24(31)29-35-25-10-3-5-14-33-25/h7-9,11-12,16,18,25H,3-6,10,13-15,17H2,1-2H3,(H,28,32)(H,29,31)/t18-,25?,27-/m0/s1. The zero-order valence-electron chi connectivity index (χ0n) is 21.2. The van der Waals surface area contributed by atoms with E-state index in [0.29, 0.717) is 18.7 Å². The number of ether oxygens (including phenoxy) is 2. The van der Waals surface area contributed by atoms with Gasteiger partial charge in [-0.2, -0.15) is 0 Å². The maximum Gasteiger partial charge on any atom is 0.303 e. The molecule has 2 fully saturated rings. The lowest BCUT2D eigenvalue weighted by Gasteiger charge is -2.35. The highest BCUT2D eigenvalue weighted by Gasteiger charge is 2.38. The summed E-state index contributed by atoms with van der Waals surface area (Å²) in [6.45, 7) is 3.48. The second-order valence-corrected chi connectivity index (χ2v) is 12.0. The van der Waals surface area contributed by atoms with Crippen LogP contribution in [-0.4, -0.2) is 42.5 Å². The lowest BCUT2D eigenvalue weighted by atomic mass is 9.94. The topological polar surface area (TPSA) is 103 Å². The number of hydroxylamine groups is 1. The summed E-state index contributed by atoms with van der Waals surface area (Å²) in [6.07, 6.45) is 5.09. The number of rotatable bonds is 9. The molecule has 0 radical (unpaired) electrons. The maximum atomic E-state index is 12.9. The number of nitrogens with one attached hydrogen (secondary N) is 2. The van der Waals surface area contributed by atoms with Gasteiger partial charge in [0.2, 0.25) is 5.91 Å². The summed E-state index contributed by atoms with van der Waals surface area (Å²) in [4.78, 5) is 44.2. The highest BCUT2D eigenvalue weighted by molar-refractivity contribution is 8.00. The van der Waals surface area contributed by atoms with Crippen molar-refractivity contribution in [2.24, 2.45) is 0 Å². The van der Waals surface area contributed by atoms with Gasteiger partial charge in [0.1, 0.15) is 0 Å². The van der Waals surface area contributed by atoms with Gasteiger partial charge in [0.15, 0.2) is 12.4 Å². The van der Waals surface area contributed by atoms with E-state index in [2.05, 4.69) is 22.9 Å². The van der Waals surface area contributed by atoms with Crippen molar-refractivity contribution < 1.29 is 28.7 Å². The van der Waals surface area contributed by atoms with E-state index in [1.54, 1.807) is 17.4 Å². The van der Waals surface area contributed by atoms with Gasteiger partial charge < -0.3 is 14.8 Å². The molecule has 2 amide bonds. The average molecular weight is 547 g/mol. The molecule has 1 aromatic heterocycles. The van der Waals surface area contributed by atoms with Crippen molar-refractivity contribution in [3.05, 3.63) is 41.3 Å². The van der Waals surface area contributed by atoms with Crippen molar-refractivity contribution in [1.29, 1.82) is 0 Å². The molecule has 3 heterocycles. The van der Waals surface area contributed by atoms with Crippen LogP contribution < -0.4 is 10.8 Å². The fraction of sp³-hybridized carbons (Fsp3) is 0.519. The third kappa shape index (κ3) is 7.56. The van der Waals surface area contributed by atoms with Crippen molar-refractivity contribution in [3.63, 3.8) is 0 Å². The summed E-state index contributed by atoms with van der Waals surface area (Å²) in [7, 11) is 0. The van der Waals surface area contributed by atoms with Crippen LogP contribution in [0.2, 0.25) is 0 Å². The Morgan fingerprint density at radius 2 is 2.03 bits per heavy atom. The molecule has 0 aliphatic carbocycles. The smallest absolute Gasteiger partial charge is 0.303 e. The number of esters is 1. The molecular weight excluding hydrogens is 512 g/mol. The Morgan fingerprint density at radius 3 is 2.76 bits per heavy atom. The molecule has 2 aromatic rings. The third-order valence-corrected chi connectivity index (χ3v) is 9.50.